The van der Waals surface area contributed by atoms with Crippen molar-refractivity contribution in [2.75, 3.05) is 32.7 Å². The highest BCUT2D eigenvalue weighted by atomic mass is 19.4. The zero-order valence-electron chi connectivity index (χ0n) is 28.7. The molecule has 0 radical (unpaired) electrons. The van der Waals surface area contributed by atoms with Crippen molar-refractivity contribution >= 4 is 33.4 Å². The number of amides is 1. The summed E-state index contributed by atoms with van der Waals surface area (Å²) >= 11 is 0. The Morgan fingerprint density at radius 1 is 0.769 bits per heavy atom. The Balaban J connectivity index is 0.000000220. The topological polar surface area (TPSA) is 99.8 Å². The first-order valence-electron chi connectivity index (χ1n) is 17.6. The third-order valence-electron chi connectivity index (χ3n) is 11.0. The number of aromatic nitrogens is 1. The van der Waals surface area contributed by atoms with Gasteiger partial charge in [0.15, 0.2) is 0 Å². The molecule has 0 bridgehead atoms. The Kier molecular flexibility index (Phi) is 10.6. The van der Waals surface area contributed by atoms with Gasteiger partial charge >= 0.3 is 18.3 Å². The fourth-order valence-electron chi connectivity index (χ4n) is 7.92. The maximum atomic E-state index is 12.8. The highest BCUT2D eigenvalue weighted by molar-refractivity contribution is 6.05. The summed E-state index contributed by atoms with van der Waals surface area (Å²) in [4.78, 5) is 30.6. The standard InChI is InChI=1S/C30H30N2O2.C9H12F6N2O/c33-28(34)13-12-21-6-3-10-25-23(21)9-4-11-27(25)29-26-8-2-1-7-24(26)22(18-31-29)19-32-17-5-14-30(20-32)15-16-30;10-8(11,12)5-17-3-1-7(2-4-17,6(16)18)9(13,14)15/h1-4,6-11,18H,5,12-17,19-20H2,(H,33,34);1-5H2,(H2,16,18). The first kappa shape index (κ1) is 37.5. The van der Waals surface area contributed by atoms with E-state index >= 15 is 0 Å². The lowest BCUT2D eigenvalue weighted by Gasteiger charge is -2.40. The quantitative estimate of drug-likeness (QED) is 0.178. The lowest BCUT2D eigenvalue weighted by molar-refractivity contribution is -0.234. The van der Waals surface area contributed by atoms with Crippen LogP contribution in [-0.4, -0.2) is 76.8 Å². The number of aliphatic carboxylic acids is 1. The van der Waals surface area contributed by atoms with E-state index in [9.17, 15) is 35.9 Å². The first-order chi connectivity index (χ1) is 24.6. The van der Waals surface area contributed by atoms with E-state index in [4.69, 9.17) is 15.8 Å². The number of carbonyl (C=O) groups excluding carboxylic acids is 1. The molecule has 13 heteroatoms. The summed E-state index contributed by atoms with van der Waals surface area (Å²) < 4.78 is 74.5. The number of halogens is 6. The number of carboxylic acids is 1. The second-order valence-corrected chi connectivity index (χ2v) is 14.5. The SMILES string of the molecule is NC(=O)C1(C(F)(F)F)CCN(CC(F)(F)F)CC1.O=C(O)CCc1cccc2c(-c3ncc(CN4CCCC5(CC5)C4)c4ccccc34)cccc12. The molecule has 3 N–H and O–H groups in total. The van der Waals surface area contributed by atoms with Gasteiger partial charge in [0.1, 0.15) is 5.41 Å². The van der Waals surface area contributed by atoms with Crippen molar-refractivity contribution in [1.82, 2.24) is 14.8 Å². The molecule has 7 nitrogen and oxygen atoms in total. The molecule has 1 saturated carbocycles. The summed E-state index contributed by atoms with van der Waals surface area (Å²) in [5.74, 6) is -2.29. The van der Waals surface area contributed by atoms with Crippen LogP contribution in [0.2, 0.25) is 0 Å². The minimum atomic E-state index is -4.83. The number of carbonyl (C=O) groups is 2. The molecule has 0 atom stereocenters. The molecular weight excluding hydrogens is 686 g/mol. The average molecular weight is 729 g/mol. The van der Waals surface area contributed by atoms with Gasteiger partial charge in [0.2, 0.25) is 5.91 Å². The summed E-state index contributed by atoms with van der Waals surface area (Å²) in [6.45, 7) is 1.18. The van der Waals surface area contributed by atoms with Crippen molar-refractivity contribution in [2.45, 2.75) is 70.3 Å². The number of carboxylic acid groups (broad SMARTS) is 1. The highest BCUT2D eigenvalue weighted by Crippen LogP contribution is 2.52. The van der Waals surface area contributed by atoms with Crippen LogP contribution in [0.4, 0.5) is 26.3 Å². The molecule has 2 saturated heterocycles. The Morgan fingerprint density at radius 3 is 2.04 bits per heavy atom. The molecule has 3 heterocycles. The van der Waals surface area contributed by atoms with Gasteiger partial charge in [-0.3, -0.25) is 24.4 Å². The van der Waals surface area contributed by atoms with E-state index in [0.717, 1.165) is 39.0 Å². The third kappa shape index (κ3) is 8.20. The van der Waals surface area contributed by atoms with Crippen LogP contribution in [0.25, 0.3) is 32.8 Å². The van der Waals surface area contributed by atoms with Gasteiger partial charge in [-0.05, 0) is 97.3 Å². The molecule has 1 amide bonds. The van der Waals surface area contributed by atoms with E-state index in [2.05, 4.69) is 59.6 Å². The van der Waals surface area contributed by atoms with E-state index in [1.807, 2.05) is 12.1 Å². The van der Waals surface area contributed by atoms with E-state index in [0.29, 0.717) is 11.8 Å². The predicted molar refractivity (Wildman–Crippen MR) is 186 cm³/mol. The number of hydrogen-bond donors (Lipinski definition) is 2. The molecule has 1 spiro atoms. The second-order valence-electron chi connectivity index (χ2n) is 14.5. The number of aryl methyl sites for hydroxylation is 1. The molecule has 3 fully saturated rings. The number of primary amides is 1. The van der Waals surface area contributed by atoms with E-state index < -0.39 is 62.1 Å². The number of benzene rings is 3. The molecule has 3 aliphatic rings. The van der Waals surface area contributed by atoms with E-state index in [1.165, 1.54) is 55.1 Å². The Hall–Kier alpha value is -4.23. The van der Waals surface area contributed by atoms with Crippen molar-refractivity contribution < 1.29 is 41.0 Å². The van der Waals surface area contributed by atoms with Gasteiger partial charge in [-0.25, -0.2) is 0 Å². The minimum absolute atomic E-state index is 0.136. The molecule has 7 rings (SSSR count). The van der Waals surface area contributed by atoms with Gasteiger partial charge in [0.25, 0.3) is 0 Å². The maximum Gasteiger partial charge on any atom is 0.403 e. The number of alkyl halides is 6. The van der Waals surface area contributed by atoms with Crippen molar-refractivity contribution in [3.8, 4) is 11.3 Å². The molecule has 2 aliphatic heterocycles. The lowest BCUT2D eigenvalue weighted by Crippen LogP contribution is -2.56. The van der Waals surface area contributed by atoms with Crippen LogP contribution in [0.1, 0.15) is 56.1 Å². The van der Waals surface area contributed by atoms with E-state index in [1.54, 1.807) is 0 Å². The van der Waals surface area contributed by atoms with Crippen LogP contribution < -0.4 is 5.73 Å². The van der Waals surface area contributed by atoms with Crippen LogP contribution in [-0.2, 0) is 22.6 Å². The summed E-state index contributed by atoms with van der Waals surface area (Å²) in [7, 11) is 0. The molecule has 1 aromatic heterocycles. The van der Waals surface area contributed by atoms with Crippen LogP contribution >= 0.6 is 0 Å². The fourth-order valence-corrected chi connectivity index (χ4v) is 7.92. The fraction of sp³-hybridized carbons (Fsp3) is 0.462. The molecule has 1 aliphatic carbocycles. The van der Waals surface area contributed by atoms with E-state index in [-0.39, 0.29) is 6.42 Å². The number of piperidine rings is 2. The zero-order valence-corrected chi connectivity index (χ0v) is 28.7. The van der Waals surface area contributed by atoms with Gasteiger partial charge < -0.3 is 10.8 Å². The largest absolute Gasteiger partial charge is 0.481 e. The molecule has 52 heavy (non-hydrogen) atoms. The van der Waals surface area contributed by atoms with Gasteiger partial charge in [0, 0.05) is 36.7 Å². The predicted octanol–water partition coefficient (Wildman–Crippen LogP) is 8.13. The number of pyridine rings is 1. The zero-order chi connectivity index (χ0) is 37.3. The Bertz CT molecular complexity index is 1930. The summed E-state index contributed by atoms with van der Waals surface area (Å²) in [5.41, 5.74) is 7.15. The number of rotatable bonds is 8. The van der Waals surface area contributed by atoms with Gasteiger partial charge in [-0.2, -0.15) is 26.3 Å². The van der Waals surface area contributed by atoms with Gasteiger partial charge in [-0.15, -0.1) is 0 Å². The number of likely N-dealkylation sites (tertiary alicyclic amines) is 2. The highest BCUT2D eigenvalue weighted by Gasteiger charge is 2.60. The molecule has 3 aromatic carbocycles. The van der Waals surface area contributed by atoms with Crippen LogP contribution in [0.5, 0.6) is 0 Å². The van der Waals surface area contributed by atoms with Gasteiger partial charge in [0.05, 0.1) is 12.2 Å². The summed E-state index contributed by atoms with van der Waals surface area (Å²) in [5, 5.41) is 13.9. The number of fused-ring (bicyclic) bond motifs is 2. The monoisotopic (exact) mass is 728 g/mol. The summed E-state index contributed by atoms with van der Waals surface area (Å²) in [6, 6.07) is 21.1. The average Bonchev–Trinajstić information content (AvgIpc) is 3.84. The number of nitrogens with two attached hydrogens (primary N) is 1. The lowest BCUT2D eigenvalue weighted by atomic mass is 9.77. The van der Waals surface area contributed by atoms with Crippen molar-refractivity contribution in [3.05, 3.63) is 78.0 Å². The molecule has 4 aromatic rings. The molecule has 0 unspecified atom stereocenters. The smallest absolute Gasteiger partial charge is 0.403 e. The normalized spacial score (nSPS) is 19.0. The first-order valence-corrected chi connectivity index (χ1v) is 17.6. The van der Waals surface area contributed by atoms with Crippen LogP contribution in [0.15, 0.2) is 66.9 Å². The Labute approximate surface area is 297 Å². The van der Waals surface area contributed by atoms with Crippen molar-refractivity contribution in [2.24, 2.45) is 16.6 Å². The van der Waals surface area contributed by atoms with Crippen molar-refractivity contribution in [1.29, 1.82) is 0 Å². The Morgan fingerprint density at radius 2 is 1.40 bits per heavy atom. The third-order valence-corrected chi connectivity index (χ3v) is 11.0. The van der Waals surface area contributed by atoms with Crippen LogP contribution in [0.3, 0.4) is 0 Å². The molecule has 278 valence electrons. The summed E-state index contributed by atoms with van der Waals surface area (Å²) in [6.07, 6.45) is -2.51. The molecular formula is C39H42F6N4O3. The second kappa shape index (κ2) is 14.7. The minimum Gasteiger partial charge on any atom is -0.481 e. The number of hydrogen-bond acceptors (Lipinski definition) is 5. The van der Waals surface area contributed by atoms with Crippen LogP contribution in [0, 0.1) is 10.8 Å². The van der Waals surface area contributed by atoms with Gasteiger partial charge in [-0.1, -0.05) is 60.7 Å². The maximum absolute atomic E-state index is 12.8. The van der Waals surface area contributed by atoms with Crippen molar-refractivity contribution in [3.63, 3.8) is 0 Å². The number of nitrogens with zero attached hydrogens (tertiary/aromatic N) is 3.